The maximum Gasteiger partial charge on any atom is 0.240 e. The highest BCUT2D eigenvalue weighted by atomic mass is 32.2. The highest BCUT2D eigenvalue weighted by molar-refractivity contribution is 7.89. The lowest BCUT2D eigenvalue weighted by Crippen LogP contribution is -2.27. The van der Waals surface area contributed by atoms with E-state index in [1.54, 1.807) is 24.3 Å². The van der Waals surface area contributed by atoms with Crippen molar-refractivity contribution in [1.29, 1.82) is 0 Å². The summed E-state index contributed by atoms with van der Waals surface area (Å²) in [5.41, 5.74) is 2.70. The molecule has 1 N–H and O–H groups in total. The fraction of sp³-hybridized carbons (Fsp3) is 0.379. The van der Waals surface area contributed by atoms with Crippen molar-refractivity contribution in [2.45, 2.75) is 56.8 Å². The number of Topliss-reactive ketones (excluding diaryl/α,β-unsaturated/α-hetero) is 1. The molecular weight excluding hydrogens is 488 g/mol. The van der Waals surface area contributed by atoms with E-state index in [4.69, 9.17) is 14.5 Å². The van der Waals surface area contributed by atoms with Gasteiger partial charge in [-0.05, 0) is 66.6 Å². The lowest BCUT2D eigenvalue weighted by molar-refractivity contribution is -0.120. The molecule has 2 aromatic carbocycles. The maximum atomic E-state index is 13.4. The zero-order chi connectivity index (χ0) is 26.3. The summed E-state index contributed by atoms with van der Waals surface area (Å²) in [5, 5.41) is 0. The number of nitrogens with zero attached hydrogens (tertiary/aromatic N) is 1. The summed E-state index contributed by atoms with van der Waals surface area (Å²) in [6.07, 6.45) is 2.60. The first-order chi connectivity index (χ1) is 17.6. The van der Waals surface area contributed by atoms with Crippen LogP contribution in [0.2, 0.25) is 0 Å². The van der Waals surface area contributed by atoms with Gasteiger partial charge in [-0.1, -0.05) is 45.0 Å². The molecule has 0 radical (unpaired) electrons. The van der Waals surface area contributed by atoms with E-state index in [1.807, 2.05) is 36.4 Å². The van der Waals surface area contributed by atoms with Gasteiger partial charge in [-0.3, -0.25) is 9.78 Å². The number of carbonyl (C=O) groups is 1. The van der Waals surface area contributed by atoms with E-state index < -0.39 is 15.4 Å². The second-order valence-corrected chi connectivity index (χ2v) is 12.8. The number of fused-ring (bicyclic) bond motifs is 1. The first-order valence-corrected chi connectivity index (χ1v) is 14.0. The van der Waals surface area contributed by atoms with Gasteiger partial charge in [0.15, 0.2) is 11.5 Å². The Morgan fingerprint density at radius 2 is 1.76 bits per heavy atom. The summed E-state index contributed by atoms with van der Waals surface area (Å²) >= 11 is 0. The fourth-order valence-corrected chi connectivity index (χ4v) is 5.60. The van der Waals surface area contributed by atoms with Crippen molar-refractivity contribution in [2.75, 3.05) is 13.3 Å². The second-order valence-electron chi connectivity index (χ2n) is 11.0. The lowest BCUT2D eigenvalue weighted by atomic mass is 9.88. The second kappa shape index (κ2) is 9.58. The van der Waals surface area contributed by atoms with E-state index in [1.165, 1.54) is 0 Å². The Bertz CT molecular complexity index is 1430. The molecular formula is C29H34N2O5S. The minimum atomic E-state index is -3.58. The molecule has 3 aromatic rings. The number of hydrogen-bond acceptors (Lipinski definition) is 6. The monoisotopic (exact) mass is 522 g/mol. The predicted octanol–water partition coefficient (Wildman–Crippen LogP) is 5.28. The van der Waals surface area contributed by atoms with Gasteiger partial charge in [-0.25, -0.2) is 13.1 Å². The van der Waals surface area contributed by atoms with Crippen LogP contribution in [0, 0.1) is 5.41 Å². The number of benzene rings is 2. The Labute approximate surface area is 219 Å². The van der Waals surface area contributed by atoms with E-state index in [9.17, 15) is 13.2 Å². The molecule has 0 amide bonds. The third-order valence-corrected chi connectivity index (χ3v) is 8.46. The molecule has 0 saturated heterocycles. The van der Waals surface area contributed by atoms with E-state index in [-0.39, 0.29) is 30.7 Å². The smallest absolute Gasteiger partial charge is 0.240 e. The van der Waals surface area contributed by atoms with Crippen LogP contribution in [0.25, 0.3) is 11.3 Å². The van der Waals surface area contributed by atoms with Crippen molar-refractivity contribution in [1.82, 2.24) is 9.71 Å². The van der Waals surface area contributed by atoms with Gasteiger partial charge in [0.2, 0.25) is 16.8 Å². The molecule has 1 aliphatic carbocycles. The van der Waals surface area contributed by atoms with Gasteiger partial charge in [0.05, 0.1) is 16.0 Å². The summed E-state index contributed by atoms with van der Waals surface area (Å²) in [6.45, 7) is 6.82. The molecule has 196 valence electrons. The summed E-state index contributed by atoms with van der Waals surface area (Å²) in [6, 6.07) is 18.0. The molecule has 1 aromatic heterocycles. The zero-order valence-corrected chi connectivity index (χ0v) is 22.2. The van der Waals surface area contributed by atoms with Gasteiger partial charge >= 0.3 is 0 Å². The number of pyridine rings is 1. The molecule has 0 bridgehead atoms. The number of sulfonamides is 1. The first-order valence-electron chi connectivity index (χ1n) is 12.6. The number of hydrogen-bond donors (Lipinski definition) is 1. The normalized spacial score (nSPS) is 16.0. The quantitative estimate of drug-likeness (QED) is 0.411. The molecule has 1 fully saturated rings. The number of aromatic nitrogens is 1. The van der Waals surface area contributed by atoms with Crippen molar-refractivity contribution in [2.24, 2.45) is 5.41 Å². The van der Waals surface area contributed by atoms with Crippen LogP contribution in [0.4, 0.5) is 0 Å². The van der Waals surface area contributed by atoms with E-state index in [0.717, 1.165) is 30.4 Å². The summed E-state index contributed by atoms with van der Waals surface area (Å²) in [4.78, 5) is 18.3. The molecule has 0 spiro atoms. The van der Waals surface area contributed by atoms with Gasteiger partial charge in [-0.15, -0.1) is 0 Å². The Kier molecular flexibility index (Phi) is 6.58. The molecule has 1 aliphatic heterocycles. The highest BCUT2D eigenvalue weighted by Crippen LogP contribution is 2.51. The molecule has 7 nitrogen and oxygen atoms in total. The van der Waals surface area contributed by atoms with Gasteiger partial charge in [0.1, 0.15) is 5.78 Å². The average molecular weight is 523 g/mol. The highest BCUT2D eigenvalue weighted by Gasteiger charge is 2.51. The molecule has 2 aliphatic rings. The van der Waals surface area contributed by atoms with Gasteiger partial charge in [0.25, 0.3) is 0 Å². The van der Waals surface area contributed by atoms with E-state index >= 15 is 0 Å². The minimum Gasteiger partial charge on any atom is -0.454 e. The number of carbonyl (C=O) groups excluding carboxylic acids is 1. The van der Waals surface area contributed by atoms with Crippen molar-refractivity contribution < 1.29 is 24.1 Å². The number of nitrogens with one attached hydrogen (secondary N) is 1. The van der Waals surface area contributed by atoms with Crippen LogP contribution in [-0.2, 0) is 26.7 Å². The molecule has 8 heteroatoms. The fourth-order valence-electron chi connectivity index (χ4n) is 4.57. The van der Waals surface area contributed by atoms with Crippen LogP contribution < -0.4 is 14.2 Å². The Morgan fingerprint density at radius 1 is 1.03 bits per heavy atom. The average Bonchev–Trinajstić information content (AvgIpc) is 3.54. The number of rotatable bonds is 9. The summed E-state index contributed by atoms with van der Waals surface area (Å²) in [5.74, 6) is 1.53. The summed E-state index contributed by atoms with van der Waals surface area (Å²) in [7, 11) is -3.58. The number of ketones is 1. The van der Waals surface area contributed by atoms with E-state index in [2.05, 4.69) is 25.5 Å². The van der Waals surface area contributed by atoms with Crippen molar-refractivity contribution in [3.05, 3.63) is 71.9 Å². The Balaban J connectivity index is 0.00000336. The topological polar surface area (TPSA) is 94.6 Å². The van der Waals surface area contributed by atoms with Crippen LogP contribution in [0.15, 0.2) is 65.6 Å². The first kappa shape index (κ1) is 25.4. The third-order valence-electron chi connectivity index (χ3n) is 6.98. The SMILES string of the molecule is CC(C)(C)CCNS(=O)(=O)c1ccc(-c2cccc(CC(=O)C3(c4ccc5c(c4)OCO5)CC3)n2)cc1.[HH]. The maximum absolute atomic E-state index is 13.4. The molecule has 0 atom stereocenters. The summed E-state index contributed by atoms with van der Waals surface area (Å²) < 4.78 is 38.9. The standard InChI is InChI=1S/C29H32N2O5S.H2/c1-28(2,3)15-16-30-37(33,34)23-10-7-20(8-11-23)24-6-4-5-22(31-24)18-27(32)29(13-14-29)21-9-12-25-26(17-21)36-19-35-25;/h4-12,17,30H,13-16,18-19H2,1-3H3;1H. The van der Waals surface area contributed by atoms with Crippen LogP contribution in [0.5, 0.6) is 11.5 Å². The van der Waals surface area contributed by atoms with Gasteiger partial charge in [0, 0.05) is 25.6 Å². The minimum absolute atomic E-state index is 0. The van der Waals surface area contributed by atoms with Crippen LogP contribution >= 0.6 is 0 Å². The van der Waals surface area contributed by atoms with E-state index in [0.29, 0.717) is 29.4 Å². The molecule has 5 rings (SSSR count). The molecule has 2 heterocycles. The Morgan fingerprint density at radius 3 is 2.46 bits per heavy atom. The van der Waals surface area contributed by atoms with Crippen LogP contribution in [0.1, 0.15) is 52.7 Å². The van der Waals surface area contributed by atoms with Crippen LogP contribution in [0.3, 0.4) is 0 Å². The van der Waals surface area contributed by atoms with Crippen LogP contribution in [-0.4, -0.2) is 32.5 Å². The van der Waals surface area contributed by atoms with Crippen molar-refractivity contribution in [3.8, 4) is 22.8 Å². The molecule has 1 saturated carbocycles. The van der Waals surface area contributed by atoms with Crippen molar-refractivity contribution >= 4 is 15.8 Å². The van der Waals surface area contributed by atoms with Crippen molar-refractivity contribution in [3.63, 3.8) is 0 Å². The largest absolute Gasteiger partial charge is 0.454 e. The van der Waals surface area contributed by atoms with Gasteiger partial charge < -0.3 is 9.47 Å². The number of ether oxygens (including phenoxy) is 2. The predicted molar refractivity (Wildman–Crippen MR) is 143 cm³/mol. The molecule has 0 unspecified atom stereocenters. The molecule has 37 heavy (non-hydrogen) atoms. The van der Waals surface area contributed by atoms with Gasteiger partial charge in [-0.2, -0.15) is 0 Å². The zero-order valence-electron chi connectivity index (χ0n) is 21.4. The third kappa shape index (κ3) is 5.55. The lowest BCUT2D eigenvalue weighted by Gasteiger charge is -2.18. The Hall–Kier alpha value is -3.23.